The van der Waals surface area contributed by atoms with E-state index in [1.54, 1.807) is 24.3 Å². The predicted molar refractivity (Wildman–Crippen MR) is 110 cm³/mol. The van der Waals surface area contributed by atoms with Gasteiger partial charge in [-0.2, -0.15) is 0 Å². The van der Waals surface area contributed by atoms with E-state index in [1.807, 2.05) is 0 Å². The number of nitrogen functional groups attached to an aromatic ring is 1. The highest BCUT2D eigenvalue weighted by Gasteiger charge is 2.33. The van der Waals surface area contributed by atoms with E-state index in [-0.39, 0.29) is 30.1 Å². The van der Waals surface area contributed by atoms with E-state index in [4.69, 9.17) is 25.4 Å². The van der Waals surface area contributed by atoms with Gasteiger partial charge in [0.05, 0.1) is 31.9 Å². The summed E-state index contributed by atoms with van der Waals surface area (Å²) in [5.41, 5.74) is 6.65. The number of nitrogens with one attached hydrogen (secondary N) is 1. The van der Waals surface area contributed by atoms with Crippen molar-refractivity contribution in [3.8, 4) is 5.75 Å². The molecular weight excluding hydrogens is 406 g/mol. The van der Waals surface area contributed by atoms with Crippen LogP contribution in [-0.2, 0) is 14.2 Å². The zero-order valence-electron chi connectivity index (χ0n) is 16.9. The molecule has 10 nitrogen and oxygen atoms in total. The van der Waals surface area contributed by atoms with Gasteiger partial charge in [0.25, 0.3) is 0 Å². The lowest BCUT2D eigenvalue weighted by Crippen LogP contribution is -2.26. The highest BCUT2D eigenvalue weighted by molar-refractivity contribution is 6.03. The third-order valence-electron chi connectivity index (χ3n) is 4.60. The van der Waals surface area contributed by atoms with Crippen molar-refractivity contribution in [3.05, 3.63) is 59.2 Å². The summed E-state index contributed by atoms with van der Waals surface area (Å²) < 4.78 is 20.4. The second kappa shape index (κ2) is 9.16. The largest absolute Gasteiger partial charge is 0.490 e. The summed E-state index contributed by atoms with van der Waals surface area (Å²) in [6.07, 6.45) is -1.08. The van der Waals surface area contributed by atoms with Crippen LogP contribution in [0.4, 0.5) is 10.5 Å². The van der Waals surface area contributed by atoms with Crippen LogP contribution in [0, 0.1) is 5.41 Å². The van der Waals surface area contributed by atoms with Crippen LogP contribution in [-0.4, -0.2) is 57.3 Å². The number of rotatable bonds is 7. The minimum absolute atomic E-state index is 0.00227. The average Bonchev–Trinajstić information content (AvgIpc) is 3.16. The van der Waals surface area contributed by atoms with Gasteiger partial charge < -0.3 is 24.7 Å². The molecular formula is C21H21N3O7. The van der Waals surface area contributed by atoms with Crippen molar-refractivity contribution in [2.24, 2.45) is 5.73 Å². The van der Waals surface area contributed by atoms with E-state index in [0.29, 0.717) is 17.0 Å². The maximum Gasteiger partial charge on any atom is 0.414 e. The number of nitrogens with zero attached hydrogens (tertiary/aromatic N) is 1. The number of hydrogen-bond acceptors (Lipinski definition) is 8. The predicted octanol–water partition coefficient (Wildman–Crippen LogP) is 1.95. The van der Waals surface area contributed by atoms with E-state index in [1.165, 1.54) is 37.3 Å². The Morgan fingerprint density at radius 2 is 1.74 bits per heavy atom. The van der Waals surface area contributed by atoms with Crippen LogP contribution < -0.4 is 15.4 Å². The second-order valence-electron chi connectivity index (χ2n) is 6.58. The Morgan fingerprint density at radius 1 is 1.10 bits per heavy atom. The van der Waals surface area contributed by atoms with Crippen LogP contribution >= 0.6 is 0 Å². The first-order chi connectivity index (χ1) is 14.8. The van der Waals surface area contributed by atoms with Crippen molar-refractivity contribution in [2.45, 2.75) is 6.10 Å². The Labute approximate surface area is 177 Å². The number of amides is 1. The van der Waals surface area contributed by atoms with Gasteiger partial charge in [0.15, 0.2) is 6.10 Å². The number of hydrogen-bond donors (Lipinski definition) is 2. The maximum absolute atomic E-state index is 12.2. The van der Waals surface area contributed by atoms with Gasteiger partial charge >= 0.3 is 18.0 Å². The molecule has 1 atom stereocenters. The van der Waals surface area contributed by atoms with Gasteiger partial charge in [-0.15, -0.1) is 0 Å². The molecule has 0 aliphatic carbocycles. The molecule has 1 aliphatic heterocycles. The van der Waals surface area contributed by atoms with Crippen LogP contribution in [0.1, 0.15) is 26.3 Å². The zero-order valence-corrected chi connectivity index (χ0v) is 16.9. The molecule has 1 amide bonds. The van der Waals surface area contributed by atoms with Gasteiger partial charge in [-0.3, -0.25) is 10.3 Å². The Morgan fingerprint density at radius 3 is 2.35 bits per heavy atom. The first kappa shape index (κ1) is 21.6. The Kier molecular flexibility index (Phi) is 6.39. The quantitative estimate of drug-likeness (QED) is 0.296. The van der Waals surface area contributed by atoms with Gasteiger partial charge in [-0.1, -0.05) is 0 Å². The molecule has 1 fully saturated rings. The molecule has 2 aromatic rings. The molecule has 1 aliphatic rings. The number of carbonyl (C=O) groups is 3. The van der Waals surface area contributed by atoms with Crippen molar-refractivity contribution in [3.63, 3.8) is 0 Å². The zero-order chi connectivity index (χ0) is 22.5. The minimum atomic E-state index is -0.710. The number of anilines is 1. The van der Waals surface area contributed by atoms with E-state index < -0.39 is 24.1 Å². The van der Waals surface area contributed by atoms with Gasteiger partial charge in [0.1, 0.15) is 18.2 Å². The van der Waals surface area contributed by atoms with E-state index in [2.05, 4.69) is 4.74 Å². The fraction of sp³-hybridized carbons (Fsp3) is 0.238. The topological polar surface area (TPSA) is 141 Å². The summed E-state index contributed by atoms with van der Waals surface area (Å²) in [5, 5.41) is 7.43. The van der Waals surface area contributed by atoms with E-state index in [0.717, 1.165) is 0 Å². The third kappa shape index (κ3) is 4.74. The molecule has 1 saturated heterocycles. The molecule has 10 heteroatoms. The first-order valence-electron chi connectivity index (χ1n) is 9.20. The van der Waals surface area contributed by atoms with Crippen molar-refractivity contribution in [1.82, 2.24) is 0 Å². The lowest BCUT2D eigenvalue weighted by Gasteiger charge is -2.14. The molecule has 0 saturated carbocycles. The van der Waals surface area contributed by atoms with Crippen LogP contribution in [0.25, 0.3) is 0 Å². The number of methoxy groups -OCH3 is 2. The summed E-state index contributed by atoms with van der Waals surface area (Å²) in [6, 6.07) is 10.9. The van der Waals surface area contributed by atoms with Crippen LogP contribution in [0.3, 0.4) is 0 Å². The van der Waals surface area contributed by atoms with Gasteiger partial charge in [-0.05, 0) is 42.5 Å². The van der Waals surface area contributed by atoms with Crippen molar-refractivity contribution < 1.29 is 33.3 Å². The highest BCUT2D eigenvalue weighted by atomic mass is 16.6. The molecule has 162 valence electrons. The molecule has 1 unspecified atom stereocenters. The molecule has 2 aromatic carbocycles. The number of benzene rings is 2. The summed E-state index contributed by atoms with van der Waals surface area (Å²) in [4.78, 5) is 37.5. The average molecular weight is 427 g/mol. The SMILES string of the molecule is COC(=O)c1ccc(OCC2CN(c3ccc(C(=N)N)cc3)C(=O)O2)cc1C(=O)OC. The maximum atomic E-state index is 12.2. The third-order valence-corrected chi connectivity index (χ3v) is 4.60. The Hall–Kier alpha value is -4.08. The lowest BCUT2D eigenvalue weighted by molar-refractivity contribution is 0.0554. The first-order valence-corrected chi connectivity index (χ1v) is 9.20. The summed E-state index contributed by atoms with van der Waals surface area (Å²) in [7, 11) is 2.41. The van der Waals surface area contributed by atoms with Gasteiger partial charge in [0.2, 0.25) is 0 Å². The molecule has 0 spiro atoms. The molecule has 3 N–H and O–H groups in total. The second-order valence-corrected chi connectivity index (χ2v) is 6.58. The summed E-state index contributed by atoms with van der Waals surface area (Å²) >= 11 is 0. The van der Waals surface area contributed by atoms with Crippen LogP contribution in [0.2, 0.25) is 0 Å². The van der Waals surface area contributed by atoms with Gasteiger partial charge in [-0.25, -0.2) is 14.4 Å². The summed E-state index contributed by atoms with van der Waals surface area (Å²) in [6.45, 7) is 0.286. The number of amidine groups is 1. The highest BCUT2D eigenvalue weighted by Crippen LogP contribution is 2.24. The molecule has 1 heterocycles. The number of nitrogens with two attached hydrogens (primary N) is 1. The lowest BCUT2D eigenvalue weighted by atomic mass is 10.1. The smallest absolute Gasteiger partial charge is 0.414 e. The number of cyclic esters (lactones) is 1. The molecule has 0 aromatic heterocycles. The fourth-order valence-corrected chi connectivity index (χ4v) is 3.01. The normalized spacial score (nSPS) is 15.2. The molecule has 0 radical (unpaired) electrons. The Bertz CT molecular complexity index is 1020. The minimum Gasteiger partial charge on any atom is -0.490 e. The molecule has 3 rings (SSSR count). The fourth-order valence-electron chi connectivity index (χ4n) is 3.01. The van der Waals surface area contributed by atoms with Crippen LogP contribution in [0.15, 0.2) is 42.5 Å². The number of esters is 2. The summed E-state index contributed by atoms with van der Waals surface area (Å²) in [5.74, 6) is -1.15. The molecule has 0 bridgehead atoms. The van der Waals surface area contributed by atoms with Crippen LogP contribution in [0.5, 0.6) is 5.75 Å². The van der Waals surface area contributed by atoms with Crippen molar-refractivity contribution >= 4 is 29.6 Å². The standard InChI is InChI=1S/C21H21N3O7/c1-28-19(25)16-8-7-14(9-17(16)20(26)29-2)30-11-15-10-24(21(27)31-15)13-5-3-12(4-6-13)18(22)23/h3-9,15H,10-11H2,1-2H3,(H3,22,23). The van der Waals surface area contributed by atoms with E-state index >= 15 is 0 Å². The van der Waals surface area contributed by atoms with Crippen molar-refractivity contribution in [1.29, 1.82) is 5.41 Å². The van der Waals surface area contributed by atoms with Crippen molar-refractivity contribution in [2.75, 3.05) is 32.3 Å². The number of ether oxygens (including phenoxy) is 4. The number of carbonyl (C=O) groups excluding carboxylic acids is 3. The van der Waals surface area contributed by atoms with Gasteiger partial charge in [0, 0.05) is 11.3 Å². The Balaban J connectivity index is 1.67. The van der Waals surface area contributed by atoms with E-state index in [9.17, 15) is 14.4 Å². The monoisotopic (exact) mass is 427 g/mol. The molecule has 31 heavy (non-hydrogen) atoms.